The first kappa shape index (κ1) is 16.3. The molecule has 3 rings (SSSR count). The van der Waals surface area contributed by atoms with Crippen LogP contribution in [0.3, 0.4) is 0 Å². The zero-order chi connectivity index (χ0) is 17.5. The van der Waals surface area contributed by atoms with Gasteiger partial charge in [-0.05, 0) is 47.4 Å². The summed E-state index contributed by atoms with van der Waals surface area (Å²) >= 11 is 0. The molecular formula is C19H22N2O3. The lowest BCUT2D eigenvalue weighted by molar-refractivity contribution is -0.131. The van der Waals surface area contributed by atoms with Gasteiger partial charge in [-0.3, -0.25) is 9.69 Å². The van der Waals surface area contributed by atoms with Gasteiger partial charge in [0.1, 0.15) is 11.3 Å². The molecule has 0 aliphatic carbocycles. The van der Waals surface area contributed by atoms with Crippen LogP contribution in [0.4, 0.5) is 4.79 Å². The zero-order valence-corrected chi connectivity index (χ0v) is 14.4. The molecule has 2 aromatic rings. The normalized spacial score (nSPS) is 20.8. The van der Waals surface area contributed by atoms with Crippen molar-refractivity contribution in [1.82, 2.24) is 10.2 Å². The number of methoxy groups -OCH3 is 1. The van der Waals surface area contributed by atoms with Crippen LogP contribution < -0.4 is 10.1 Å². The van der Waals surface area contributed by atoms with Crippen LogP contribution in [0.5, 0.6) is 5.75 Å². The van der Waals surface area contributed by atoms with Crippen LogP contribution in [-0.2, 0) is 10.3 Å². The highest BCUT2D eigenvalue weighted by Crippen LogP contribution is 2.32. The number of amides is 3. The second kappa shape index (κ2) is 5.82. The Hall–Kier alpha value is -2.56. The largest absolute Gasteiger partial charge is 0.497 e. The Bertz CT molecular complexity index is 815. The van der Waals surface area contributed by atoms with E-state index in [9.17, 15) is 9.59 Å². The van der Waals surface area contributed by atoms with E-state index in [1.165, 1.54) is 4.90 Å². The predicted octanol–water partition coefficient (Wildman–Crippen LogP) is 3.27. The first-order valence-electron chi connectivity index (χ1n) is 8.07. The van der Waals surface area contributed by atoms with E-state index in [1.807, 2.05) is 50.2 Å². The van der Waals surface area contributed by atoms with E-state index in [4.69, 9.17) is 4.74 Å². The number of ether oxygens (including phenoxy) is 1. The molecule has 126 valence electrons. The van der Waals surface area contributed by atoms with Crippen molar-refractivity contribution in [2.75, 3.05) is 13.7 Å². The van der Waals surface area contributed by atoms with Crippen molar-refractivity contribution < 1.29 is 14.3 Å². The average Bonchev–Trinajstić information content (AvgIpc) is 2.77. The highest BCUT2D eigenvalue weighted by atomic mass is 16.5. The quantitative estimate of drug-likeness (QED) is 0.877. The lowest BCUT2D eigenvalue weighted by Crippen LogP contribution is -2.41. The van der Waals surface area contributed by atoms with Crippen molar-refractivity contribution in [3.63, 3.8) is 0 Å². The number of urea groups is 1. The van der Waals surface area contributed by atoms with E-state index in [2.05, 4.69) is 5.32 Å². The van der Waals surface area contributed by atoms with Gasteiger partial charge in [-0.2, -0.15) is 0 Å². The summed E-state index contributed by atoms with van der Waals surface area (Å²) in [5.74, 6) is 0.815. The highest BCUT2D eigenvalue weighted by Gasteiger charge is 2.48. The van der Waals surface area contributed by atoms with Gasteiger partial charge in [0, 0.05) is 6.54 Å². The number of imide groups is 1. The molecule has 1 fully saturated rings. The van der Waals surface area contributed by atoms with E-state index in [1.54, 1.807) is 14.0 Å². The molecule has 5 nitrogen and oxygen atoms in total. The molecule has 0 bridgehead atoms. The van der Waals surface area contributed by atoms with Crippen LogP contribution >= 0.6 is 0 Å². The van der Waals surface area contributed by atoms with Gasteiger partial charge in [-0.15, -0.1) is 0 Å². The lowest BCUT2D eigenvalue weighted by atomic mass is 9.90. The lowest BCUT2D eigenvalue weighted by Gasteiger charge is -2.23. The van der Waals surface area contributed by atoms with Crippen molar-refractivity contribution in [3.05, 3.63) is 42.0 Å². The fourth-order valence-electron chi connectivity index (χ4n) is 3.09. The molecule has 0 aromatic heterocycles. The van der Waals surface area contributed by atoms with E-state index < -0.39 is 5.54 Å². The number of benzene rings is 2. The van der Waals surface area contributed by atoms with Gasteiger partial charge in [0.15, 0.2) is 0 Å². The molecule has 3 amide bonds. The topological polar surface area (TPSA) is 58.6 Å². The second-order valence-electron chi connectivity index (χ2n) is 6.79. The number of nitrogens with zero attached hydrogens (tertiary/aromatic N) is 1. The standard InChI is InChI=1S/C19H22N2O3/c1-12(2)11-21-17(22)19(3,20-18(21)23)15-7-5-14-10-16(24-4)8-6-13(14)9-15/h5-10,12H,11H2,1-4H3,(H,20,23)/t19-/m1/s1. The average molecular weight is 326 g/mol. The third-order valence-corrected chi connectivity index (χ3v) is 4.45. The summed E-state index contributed by atoms with van der Waals surface area (Å²) in [5, 5.41) is 4.88. The number of rotatable bonds is 4. The molecule has 1 saturated heterocycles. The smallest absolute Gasteiger partial charge is 0.325 e. The number of nitrogens with one attached hydrogen (secondary N) is 1. The van der Waals surface area contributed by atoms with E-state index in [0.717, 1.165) is 22.1 Å². The van der Waals surface area contributed by atoms with Crippen LogP contribution in [0.15, 0.2) is 36.4 Å². The molecule has 1 aliphatic heterocycles. The van der Waals surface area contributed by atoms with Crippen LogP contribution in [0.2, 0.25) is 0 Å². The van der Waals surface area contributed by atoms with E-state index >= 15 is 0 Å². The molecule has 24 heavy (non-hydrogen) atoms. The Kier molecular flexibility index (Phi) is 3.95. The van der Waals surface area contributed by atoms with Gasteiger partial charge in [0.25, 0.3) is 5.91 Å². The van der Waals surface area contributed by atoms with Gasteiger partial charge in [-0.1, -0.05) is 32.0 Å². The summed E-state index contributed by atoms with van der Waals surface area (Å²) in [6, 6.07) is 11.2. The molecule has 2 aromatic carbocycles. The molecule has 1 heterocycles. The molecule has 1 aliphatic rings. The van der Waals surface area contributed by atoms with Gasteiger partial charge in [0.05, 0.1) is 7.11 Å². The van der Waals surface area contributed by atoms with Gasteiger partial charge in [-0.25, -0.2) is 4.79 Å². The maximum Gasteiger partial charge on any atom is 0.325 e. The maximum absolute atomic E-state index is 12.8. The molecule has 0 spiro atoms. The van der Waals surface area contributed by atoms with Crippen LogP contribution in [0.25, 0.3) is 10.8 Å². The van der Waals surface area contributed by atoms with Gasteiger partial charge in [0.2, 0.25) is 0 Å². The Balaban J connectivity index is 2.00. The zero-order valence-electron chi connectivity index (χ0n) is 14.4. The second-order valence-corrected chi connectivity index (χ2v) is 6.79. The Morgan fingerprint density at radius 1 is 1.12 bits per heavy atom. The summed E-state index contributed by atoms with van der Waals surface area (Å²) < 4.78 is 5.24. The Morgan fingerprint density at radius 3 is 2.46 bits per heavy atom. The van der Waals surface area contributed by atoms with Crippen LogP contribution in [0.1, 0.15) is 26.3 Å². The first-order valence-corrected chi connectivity index (χ1v) is 8.07. The van der Waals surface area contributed by atoms with Crippen molar-refractivity contribution in [1.29, 1.82) is 0 Å². The molecule has 5 heteroatoms. The van der Waals surface area contributed by atoms with Gasteiger partial charge < -0.3 is 10.1 Å². The van der Waals surface area contributed by atoms with Crippen molar-refractivity contribution >= 4 is 22.7 Å². The minimum Gasteiger partial charge on any atom is -0.497 e. The third-order valence-electron chi connectivity index (χ3n) is 4.45. The minimum absolute atomic E-state index is 0.200. The SMILES string of the molecule is COc1ccc2cc([C@@]3(C)NC(=O)N(CC(C)C)C3=O)ccc2c1. The van der Waals surface area contributed by atoms with Crippen molar-refractivity contribution in [2.24, 2.45) is 5.92 Å². The molecule has 1 N–H and O–H groups in total. The fraction of sp³-hybridized carbons (Fsp3) is 0.368. The summed E-state index contributed by atoms with van der Waals surface area (Å²) in [6.45, 7) is 6.16. The maximum atomic E-state index is 12.8. The number of hydrogen-bond donors (Lipinski definition) is 1. The molecular weight excluding hydrogens is 304 g/mol. The van der Waals surface area contributed by atoms with Crippen molar-refractivity contribution in [3.8, 4) is 5.75 Å². The Labute approximate surface area is 141 Å². The Morgan fingerprint density at radius 2 is 1.79 bits per heavy atom. The molecule has 0 saturated carbocycles. The molecule has 1 atom stereocenters. The first-order chi connectivity index (χ1) is 11.3. The van der Waals surface area contributed by atoms with Gasteiger partial charge >= 0.3 is 6.03 Å². The van der Waals surface area contributed by atoms with E-state index in [0.29, 0.717) is 6.54 Å². The number of carbonyl (C=O) groups excluding carboxylic acids is 2. The number of hydrogen-bond acceptors (Lipinski definition) is 3. The molecule has 0 unspecified atom stereocenters. The summed E-state index contributed by atoms with van der Waals surface area (Å²) in [6.07, 6.45) is 0. The van der Waals surface area contributed by atoms with Crippen molar-refractivity contribution in [2.45, 2.75) is 26.3 Å². The summed E-state index contributed by atoms with van der Waals surface area (Å²) in [5.41, 5.74) is -0.245. The number of fused-ring (bicyclic) bond motifs is 1. The highest BCUT2D eigenvalue weighted by molar-refractivity contribution is 6.07. The minimum atomic E-state index is -1.03. The number of carbonyl (C=O) groups is 2. The van der Waals surface area contributed by atoms with Crippen LogP contribution in [0, 0.1) is 5.92 Å². The predicted molar refractivity (Wildman–Crippen MR) is 92.9 cm³/mol. The summed E-state index contributed by atoms with van der Waals surface area (Å²) in [4.78, 5) is 26.4. The van der Waals surface area contributed by atoms with E-state index in [-0.39, 0.29) is 17.9 Å². The molecule has 0 radical (unpaired) electrons. The summed E-state index contributed by atoms with van der Waals surface area (Å²) in [7, 11) is 1.63. The monoisotopic (exact) mass is 326 g/mol. The fourth-order valence-corrected chi connectivity index (χ4v) is 3.09. The van der Waals surface area contributed by atoms with Crippen LogP contribution in [-0.4, -0.2) is 30.5 Å². The third kappa shape index (κ3) is 2.60.